The Kier molecular flexibility index (Phi) is 15.2. The van der Waals surface area contributed by atoms with Gasteiger partial charge in [-0.25, -0.2) is 13.2 Å². The highest BCUT2D eigenvalue weighted by Gasteiger charge is 2.15. The predicted octanol–water partition coefficient (Wildman–Crippen LogP) is 12.0. The average molecular weight is 537 g/mol. The van der Waals surface area contributed by atoms with Crippen LogP contribution < -0.4 is 0 Å². The molecule has 0 aromatic heterocycles. The molecule has 0 aliphatic heterocycles. The summed E-state index contributed by atoms with van der Waals surface area (Å²) in [4.78, 5) is 0. The van der Waals surface area contributed by atoms with E-state index in [0.717, 1.165) is 22.3 Å². The average Bonchev–Trinajstić information content (AvgIpc) is 2.86. The van der Waals surface area contributed by atoms with E-state index < -0.39 is 5.67 Å². The van der Waals surface area contributed by atoms with Crippen molar-refractivity contribution in [3.8, 4) is 22.3 Å². The maximum absolute atomic E-state index is 13.6. The molecule has 212 valence electrons. The Balaban J connectivity index is 0.000000578. The van der Waals surface area contributed by atoms with E-state index in [1.165, 1.54) is 11.1 Å². The largest absolute Gasteiger partial charge is 0.244 e. The smallest absolute Gasteiger partial charge is 0.131 e. The van der Waals surface area contributed by atoms with Crippen LogP contribution in [-0.2, 0) is 0 Å². The summed E-state index contributed by atoms with van der Waals surface area (Å²) in [6.45, 7) is 13.2. The summed E-state index contributed by atoms with van der Waals surface area (Å²) in [5, 5.41) is 0. The summed E-state index contributed by atoms with van der Waals surface area (Å²) in [7, 11) is 0. The van der Waals surface area contributed by atoms with Crippen LogP contribution in [0.5, 0.6) is 0 Å². The molecule has 0 spiro atoms. The van der Waals surface area contributed by atoms with Crippen LogP contribution in [0.2, 0.25) is 0 Å². The van der Waals surface area contributed by atoms with Gasteiger partial charge in [-0.15, -0.1) is 0 Å². The van der Waals surface area contributed by atoms with Crippen LogP contribution in [0.25, 0.3) is 22.3 Å². The SMILES string of the molecule is C.C.CCC(C)(F)CC.Cc1ccc(-c2ccc(C)cc2F)cc1.Cc1ccc(-c2ccc(C)cc2F)cc1. The first-order valence-corrected chi connectivity index (χ1v) is 12.8. The quantitative estimate of drug-likeness (QED) is 0.243. The molecule has 0 amide bonds. The van der Waals surface area contributed by atoms with Crippen molar-refractivity contribution >= 4 is 0 Å². The monoisotopic (exact) mass is 536 g/mol. The van der Waals surface area contributed by atoms with Crippen molar-refractivity contribution in [2.45, 2.75) is 81.8 Å². The van der Waals surface area contributed by atoms with Crippen LogP contribution in [-0.4, -0.2) is 5.67 Å². The number of hydrogen-bond acceptors (Lipinski definition) is 0. The molecule has 4 rings (SSSR count). The van der Waals surface area contributed by atoms with Gasteiger partial charge in [0.25, 0.3) is 0 Å². The number of hydrogen-bond donors (Lipinski definition) is 0. The van der Waals surface area contributed by atoms with Crippen molar-refractivity contribution in [3.63, 3.8) is 0 Å². The van der Waals surface area contributed by atoms with E-state index in [2.05, 4.69) is 0 Å². The zero-order valence-electron chi connectivity index (χ0n) is 23.1. The lowest BCUT2D eigenvalue weighted by Gasteiger charge is -2.13. The summed E-state index contributed by atoms with van der Waals surface area (Å²) in [5.74, 6) is -0.308. The topological polar surface area (TPSA) is 0 Å². The van der Waals surface area contributed by atoms with E-state index in [1.54, 1.807) is 19.1 Å². The van der Waals surface area contributed by atoms with Crippen molar-refractivity contribution in [2.75, 3.05) is 0 Å². The van der Waals surface area contributed by atoms with Gasteiger partial charge < -0.3 is 0 Å². The Morgan fingerprint density at radius 2 is 0.795 bits per heavy atom. The van der Waals surface area contributed by atoms with Gasteiger partial charge in [0.2, 0.25) is 0 Å². The summed E-state index contributed by atoms with van der Waals surface area (Å²) in [6.07, 6.45) is 1.26. The number of aryl methyl sites for hydroxylation is 4. The molecule has 3 heteroatoms. The van der Waals surface area contributed by atoms with Crippen molar-refractivity contribution in [3.05, 3.63) is 119 Å². The zero-order valence-corrected chi connectivity index (χ0v) is 23.1. The van der Waals surface area contributed by atoms with Gasteiger partial charge in [-0.3, -0.25) is 0 Å². The van der Waals surface area contributed by atoms with Gasteiger partial charge in [-0.1, -0.05) is 113 Å². The molecule has 0 atom stereocenters. The van der Waals surface area contributed by atoms with E-state index in [9.17, 15) is 13.2 Å². The Morgan fingerprint density at radius 3 is 1.03 bits per heavy atom. The van der Waals surface area contributed by atoms with Crippen LogP contribution in [0.15, 0.2) is 84.9 Å². The van der Waals surface area contributed by atoms with Gasteiger partial charge in [0.15, 0.2) is 0 Å². The van der Waals surface area contributed by atoms with Gasteiger partial charge in [0.1, 0.15) is 17.3 Å². The molecule has 0 N–H and O–H groups in total. The molecular formula is C36H47F3. The van der Waals surface area contributed by atoms with Crippen LogP contribution in [0, 0.1) is 39.3 Å². The number of rotatable bonds is 4. The van der Waals surface area contributed by atoms with Crippen molar-refractivity contribution < 1.29 is 13.2 Å². The number of alkyl halides is 1. The van der Waals surface area contributed by atoms with Gasteiger partial charge >= 0.3 is 0 Å². The highest BCUT2D eigenvalue weighted by Crippen LogP contribution is 2.25. The molecule has 0 aliphatic carbocycles. The lowest BCUT2D eigenvalue weighted by atomic mass is 10.0. The molecule has 4 aromatic carbocycles. The molecule has 4 aromatic rings. The third kappa shape index (κ3) is 11.5. The Hall–Kier alpha value is -3.33. The molecule has 0 aliphatic rings. The lowest BCUT2D eigenvalue weighted by molar-refractivity contribution is 0.177. The fourth-order valence-corrected chi connectivity index (χ4v) is 3.42. The van der Waals surface area contributed by atoms with Crippen molar-refractivity contribution in [1.29, 1.82) is 0 Å². The van der Waals surface area contributed by atoms with Gasteiger partial charge in [-0.05, 0) is 81.8 Å². The fourth-order valence-electron chi connectivity index (χ4n) is 3.42. The van der Waals surface area contributed by atoms with Gasteiger partial charge in [0, 0.05) is 11.1 Å². The molecule has 0 saturated carbocycles. The second kappa shape index (κ2) is 16.6. The van der Waals surface area contributed by atoms with Crippen LogP contribution >= 0.6 is 0 Å². The number of halogens is 3. The van der Waals surface area contributed by atoms with E-state index in [0.29, 0.717) is 24.0 Å². The Labute approximate surface area is 236 Å². The lowest BCUT2D eigenvalue weighted by Crippen LogP contribution is -2.13. The highest BCUT2D eigenvalue weighted by atomic mass is 19.1. The van der Waals surface area contributed by atoms with Crippen molar-refractivity contribution in [1.82, 2.24) is 0 Å². The summed E-state index contributed by atoms with van der Waals surface area (Å²) in [5.41, 5.74) is 6.54. The summed E-state index contributed by atoms with van der Waals surface area (Å²) >= 11 is 0. The minimum atomic E-state index is -0.917. The summed E-state index contributed by atoms with van der Waals surface area (Å²) in [6, 6.07) is 26.4. The second-order valence-electron chi connectivity index (χ2n) is 9.82. The first-order chi connectivity index (χ1) is 17.5. The molecule has 0 heterocycles. The van der Waals surface area contributed by atoms with Crippen LogP contribution in [0.4, 0.5) is 13.2 Å². The molecule has 0 nitrogen and oxygen atoms in total. The van der Waals surface area contributed by atoms with E-state index in [-0.39, 0.29) is 26.5 Å². The Morgan fingerprint density at radius 1 is 0.513 bits per heavy atom. The maximum atomic E-state index is 13.6. The number of benzene rings is 4. The standard InChI is InChI=1S/2C14H13F.C6H13F.2CH4/c2*1-10-3-6-12(7-4-10)13-8-5-11(2)9-14(13)15;1-4-6(3,7)5-2;;/h2*3-9H,1-2H3;4-5H2,1-3H3;2*1H4. The third-order valence-electron chi connectivity index (χ3n) is 6.45. The molecule has 39 heavy (non-hydrogen) atoms. The Bertz CT molecular complexity index is 1150. The van der Waals surface area contributed by atoms with Gasteiger partial charge in [0.05, 0.1) is 0 Å². The highest BCUT2D eigenvalue weighted by molar-refractivity contribution is 5.65. The normalized spacial score (nSPS) is 10.1. The minimum Gasteiger partial charge on any atom is -0.244 e. The van der Waals surface area contributed by atoms with Crippen LogP contribution in [0.1, 0.15) is 70.7 Å². The zero-order chi connectivity index (χ0) is 27.6. The molecule has 0 unspecified atom stereocenters. The third-order valence-corrected chi connectivity index (χ3v) is 6.45. The molecule has 0 bridgehead atoms. The second-order valence-corrected chi connectivity index (χ2v) is 9.82. The molecule has 0 fully saturated rings. The predicted molar refractivity (Wildman–Crippen MR) is 166 cm³/mol. The molecule has 0 saturated heterocycles. The van der Waals surface area contributed by atoms with E-state index in [4.69, 9.17) is 0 Å². The first-order valence-electron chi connectivity index (χ1n) is 12.8. The van der Waals surface area contributed by atoms with Gasteiger partial charge in [-0.2, -0.15) is 0 Å². The maximum Gasteiger partial charge on any atom is 0.131 e. The fraction of sp³-hybridized carbons (Fsp3) is 0.333. The first kappa shape index (κ1) is 35.7. The molecule has 0 radical (unpaired) electrons. The molecular weight excluding hydrogens is 489 g/mol. The summed E-state index contributed by atoms with van der Waals surface area (Å²) < 4.78 is 39.8. The van der Waals surface area contributed by atoms with E-state index >= 15 is 0 Å². The minimum absolute atomic E-state index is 0. The van der Waals surface area contributed by atoms with E-state index in [1.807, 2.05) is 114 Å². The van der Waals surface area contributed by atoms with Crippen LogP contribution in [0.3, 0.4) is 0 Å². The van der Waals surface area contributed by atoms with Crippen molar-refractivity contribution in [2.24, 2.45) is 0 Å².